The first-order valence-electron chi connectivity index (χ1n) is 6.06. The molecule has 2 rings (SSSR count). The molecule has 0 fully saturated rings. The van der Waals surface area contributed by atoms with Crippen LogP contribution >= 0.6 is 27.5 Å². The van der Waals surface area contributed by atoms with Crippen molar-refractivity contribution in [3.63, 3.8) is 0 Å². The van der Waals surface area contributed by atoms with Crippen LogP contribution in [-0.2, 0) is 11.2 Å². The number of halogens is 2. The molecule has 0 bridgehead atoms. The van der Waals surface area contributed by atoms with E-state index in [2.05, 4.69) is 20.9 Å². The van der Waals surface area contributed by atoms with Crippen LogP contribution in [-0.4, -0.2) is 16.1 Å². The van der Waals surface area contributed by atoms with Gasteiger partial charge in [-0.3, -0.25) is 9.78 Å². The van der Waals surface area contributed by atoms with Gasteiger partial charge in [0.15, 0.2) is 0 Å². The van der Waals surface area contributed by atoms with Crippen LogP contribution in [0.2, 0.25) is 5.02 Å². The minimum absolute atomic E-state index is 0.361. The summed E-state index contributed by atoms with van der Waals surface area (Å²) in [6.45, 7) is 1.98. The topological polar surface area (TPSA) is 50.2 Å². The van der Waals surface area contributed by atoms with E-state index in [0.29, 0.717) is 17.1 Å². The third-order valence-electron chi connectivity index (χ3n) is 2.99. The molecule has 104 valence electrons. The molecular weight excluding hydrogens is 342 g/mol. The summed E-state index contributed by atoms with van der Waals surface area (Å²) in [5.41, 5.74) is 2.45. The maximum Gasteiger partial charge on any atom is 0.312 e. The first-order valence-corrected chi connectivity index (χ1v) is 7.24. The van der Waals surface area contributed by atoms with Crippen molar-refractivity contribution in [1.29, 1.82) is 0 Å². The van der Waals surface area contributed by atoms with E-state index in [1.807, 2.05) is 31.2 Å². The van der Waals surface area contributed by atoms with Gasteiger partial charge >= 0.3 is 5.97 Å². The summed E-state index contributed by atoms with van der Waals surface area (Å²) in [5.74, 6) is -1.68. The third kappa shape index (κ3) is 3.58. The van der Waals surface area contributed by atoms with Gasteiger partial charge in [-0.15, -0.1) is 0 Å². The van der Waals surface area contributed by atoms with Gasteiger partial charge < -0.3 is 5.11 Å². The maximum absolute atomic E-state index is 11.5. The number of aryl methyl sites for hydroxylation is 1. The monoisotopic (exact) mass is 353 g/mol. The summed E-state index contributed by atoms with van der Waals surface area (Å²) < 4.78 is 0.728. The molecule has 1 N–H and O–H groups in total. The Morgan fingerprint density at radius 2 is 2.20 bits per heavy atom. The van der Waals surface area contributed by atoms with Gasteiger partial charge in [-0.1, -0.05) is 41.4 Å². The Morgan fingerprint density at radius 3 is 2.80 bits per heavy atom. The first kappa shape index (κ1) is 15.0. The van der Waals surface area contributed by atoms with Gasteiger partial charge in [0, 0.05) is 10.7 Å². The molecule has 0 aliphatic carbocycles. The highest BCUT2D eigenvalue weighted by Gasteiger charge is 2.24. The van der Waals surface area contributed by atoms with Crippen LogP contribution in [0.1, 0.15) is 22.7 Å². The van der Waals surface area contributed by atoms with Crippen molar-refractivity contribution in [3.05, 3.63) is 62.8 Å². The van der Waals surface area contributed by atoms with Crippen molar-refractivity contribution in [2.45, 2.75) is 19.3 Å². The lowest BCUT2D eigenvalue weighted by Gasteiger charge is -2.14. The van der Waals surface area contributed by atoms with Crippen molar-refractivity contribution < 1.29 is 9.90 Å². The van der Waals surface area contributed by atoms with Crippen molar-refractivity contribution in [2.75, 3.05) is 0 Å². The summed E-state index contributed by atoms with van der Waals surface area (Å²) in [6, 6.07) is 9.44. The van der Waals surface area contributed by atoms with E-state index in [9.17, 15) is 9.90 Å². The number of carboxylic acid groups (broad SMARTS) is 1. The third-order valence-corrected chi connectivity index (χ3v) is 3.72. The smallest absolute Gasteiger partial charge is 0.312 e. The van der Waals surface area contributed by atoms with E-state index in [0.717, 1.165) is 15.6 Å². The SMILES string of the molecule is Cc1cccc(CC(C(=O)O)c2ncc(Br)cc2Cl)c1. The minimum Gasteiger partial charge on any atom is -0.481 e. The highest BCUT2D eigenvalue weighted by Crippen LogP contribution is 2.28. The Balaban J connectivity index is 2.34. The predicted molar refractivity (Wildman–Crippen MR) is 82.2 cm³/mol. The molecule has 0 amide bonds. The molecule has 0 spiro atoms. The average molecular weight is 355 g/mol. The summed E-state index contributed by atoms with van der Waals surface area (Å²) >= 11 is 9.37. The molecule has 0 aliphatic heterocycles. The number of hydrogen-bond donors (Lipinski definition) is 1. The fourth-order valence-electron chi connectivity index (χ4n) is 2.06. The Labute approximate surface area is 130 Å². The van der Waals surface area contributed by atoms with Gasteiger partial charge in [-0.25, -0.2) is 0 Å². The highest BCUT2D eigenvalue weighted by atomic mass is 79.9. The number of rotatable bonds is 4. The van der Waals surface area contributed by atoms with Crippen LogP contribution in [0.3, 0.4) is 0 Å². The molecule has 3 nitrogen and oxygen atoms in total. The van der Waals surface area contributed by atoms with Crippen LogP contribution < -0.4 is 0 Å². The van der Waals surface area contributed by atoms with Gasteiger partial charge in [0.05, 0.1) is 10.7 Å². The van der Waals surface area contributed by atoms with E-state index < -0.39 is 11.9 Å². The van der Waals surface area contributed by atoms with Gasteiger partial charge in [0.25, 0.3) is 0 Å². The second-order valence-corrected chi connectivity index (χ2v) is 5.93. The van der Waals surface area contributed by atoms with Crippen molar-refractivity contribution in [2.24, 2.45) is 0 Å². The molecule has 1 unspecified atom stereocenters. The molecule has 2 aromatic rings. The Morgan fingerprint density at radius 1 is 1.45 bits per heavy atom. The number of pyridine rings is 1. The zero-order valence-electron chi connectivity index (χ0n) is 10.8. The van der Waals surface area contributed by atoms with Crippen molar-refractivity contribution >= 4 is 33.5 Å². The van der Waals surface area contributed by atoms with E-state index in [-0.39, 0.29) is 0 Å². The molecule has 20 heavy (non-hydrogen) atoms. The van der Waals surface area contributed by atoms with Gasteiger partial charge in [-0.2, -0.15) is 0 Å². The molecule has 1 aromatic heterocycles. The fraction of sp³-hybridized carbons (Fsp3) is 0.200. The lowest BCUT2D eigenvalue weighted by molar-refractivity contribution is -0.138. The highest BCUT2D eigenvalue weighted by molar-refractivity contribution is 9.10. The average Bonchev–Trinajstić information content (AvgIpc) is 2.36. The molecule has 1 aromatic carbocycles. The lowest BCUT2D eigenvalue weighted by atomic mass is 9.95. The first-order chi connectivity index (χ1) is 9.47. The Kier molecular flexibility index (Phi) is 4.78. The van der Waals surface area contributed by atoms with Gasteiger partial charge in [0.2, 0.25) is 0 Å². The summed E-state index contributed by atoms with van der Waals surface area (Å²) in [5, 5.41) is 9.80. The van der Waals surface area contributed by atoms with Crippen molar-refractivity contribution in [1.82, 2.24) is 4.98 Å². The van der Waals surface area contributed by atoms with Crippen LogP contribution in [0.25, 0.3) is 0 Å². The number of hydrogen-bond acceptors (Lipinski definition) is 2. The summed E-state index contributed by atoms with van der Waals surface area (Å²) in [7, 11) is 0. The van der Waals surface area contributed by atoms with Crippen LogP contribution in [0.15, 0.2) is 41.0 Å². The van der Waals surface area contributed by atoms with E-state index in [4.69, 9.17) is 11.6 Å². The zero-order valence-corrected chi connectivity index (χ0v) is 13.1. The van der Waals surface area contributed by atoms with E-state index >= 15 is 0 Å². The molecule has 0 aliphatic rings. The molecule has 5 heteroatoms. The molecule has 0 radical (unpaired) electrons. The van der Waals surface area contributed by atoms with Crippen LogP contribution in [0.4, 0.5) is 0 Å². The number of benzene rings is 1. The molecule has 1 atom stereocenters. The number of aliphatic carboxylic acids is 1. The number of aromatic nitrogens is 1. The van der Waals surface area contributed by atoms with E-state index in [1.165, 1.54) is 0 Å². The van der Waals surface area contributed by atoms with Gasteiger partial charge in [-0.05, 0) is 40.9 Å². The molecule has 0 saturated heterocycles. The largest absolute Gasteiger partial charge is 0.481 e. The molecule has 1 heterocycles. The Bertz CT molecular complexity index is 646. The number of carboxylic acids is 1. The quantitative estimate of drug-likeness (QED) is 0.894. The van der Waals surface area contributed by atoms with Crippen molar-refractivity contribution in [3.8, 4) is 0 Å². The lowest BCUT2D eigenvalue weighted by Crippen LogP contribution is -2.16. The summed E-state index contributed by atoms with van der Waals surface area (Å²) in [4.78, 5) is 15.7. The number of carbonyl (C=O) groups is 1. The minimum atomic E-state index is -0.928. The van der Waals surface area contributed by atoms with Crippen LogP contribution in [0, 0.1) is 6.92 Å². The number of nitrogens with zero attached hydrogens (tertiary/aromatic N) is 1. The van der Waals surface area contributed by atoms with Gasteiger partial charge in [0.1, 0.15) is 5.92 Å². The second kappa shape index (κ2) is 6.37. The molecule has 0 saturated carbocycles. The standard InChI is InChI=1S/C15H13BrClNO2/c1-9-3-2-4-10(5-9)6-12(15(19)20)14-13(17)7-11(16)8-18-14/h2-5,7-8,12H,6H2,1H3,(H,19,20). The normalized spacial score (nSPS) is 12.2. The predicted octanol–water partition coefficient (Wildman–Crippen LogP) is 4.22. The molecular formula is C15H13BrClNO2. The summed E-state index contributed by atoms with van der Waals surface area (Å²) in [6.07, 6.45) is 1.93. The Hall–Kier alpha value is -1.39. The van der Waals surface area contributed by atoms with Crippen LogP contribution in [0.5, 0.6) is 0 Å². The van der Waals surface area contributed by atoms with E-state index in [1.54, 1.807) is 12.3 Å². The zero-order chi connectivity index (χ0) is 14.7. The fourth-order valence-corrected chi connectivity index (χ4v) is 2.82. The second-order valence-electron chi connectivity index (χ2n) is 4.60. The maximum atomic E-state index is 11.5.